The van der Waals surface area contributed by atoms with E-state index in [9.17, 15) is 4.79 Å². The molecule has 1 fully saturated rings. The molecule has 4 aromatic heterocycles. The molecule has 0 bridgehead atoms. The fraction of sp³-hybridized carbons (Fsp3) is 0.263. The van der Waals surface area contributed by atoms with E-state index in [0.29, 0.717) is 17.0 Å². The molecule has 0 saturated carbocycles. The number of furan rings is 1. The lowest BCUT2D eigenvalue weighted by atomic mass is 10.2. The molecule has 1 aliphatic rings. The topological polar surface area (TPSA) is 124 Å². The molecule has 0 spiro atoms. The quantitative estimate of drug-likeness (QED) is 0.481. The van der Waals surface area contributed by atoms with E-state index in [1.54, 1.807) is 29.8 Å². The summed E-state index contributed by atoms with van der Waals surface area (Å²) in [4.78, 5) is 28.2. The molecule has 3 N–H and O–H groups in total. The molecule has 1 aliphatic heterocycles. The number of nitrogens with one attached hydrogen (secondary N) is 1. The van der Waals surface area contributed by atoms with E-state index >= 15 is 0 Å². The first kappa shape index (κ1) is 18.7. The third-order valence-corrected chi connectivity index (χ3v) is 5.73. The van der Waals surface area contributed by atoms with Crippen LogP contribution in [0.1, 0.15) is 15.4 Å². The van der Waals surface area contributed by atoms with Crippen molar-refractivity contribution in [1.29, 1.82) is 0 Å². The summed E-state index contributed by atoms with van der Waals surface area (Å²) in [6.45, 7) is 4.27. The summed E-state index contributed by atoms with van der Waals surface area (Å²) in [6.07, 6.45) is 8.56. The van der Waals surface area contributed by atoms with Crippen LogP contribution in [0.2, 0.25) is 0 Å². The SMILES string of the molecule is NC(=O)c1cc(-c2cnc(Nc3ncc(CN4CCOCC4)s3)c3nccn23)co1. The number of morpholine rings is 1. The maximum atomic E-state index is 11.3. The van der Waals surface area contributed by atoms with E-state index in [0.717, 1.165) is 43.7 Å². The molecule has 10 nitrogen and oxygen atoms in total. The highest BCUT2D eigenvalue weighted by atomic mass is 32.1. The van der Waals surface area contributed by atoms with Crippen LogP contribution in [0, 0.1) is 0 Å². The van der Waals surface area contributed by atoms with Crippen molar-refractivity contribution in [3.8, 4) is 11.3 Å². The first-order chi connectivity index (χ1) is 14.7. The second kappa shape index (κ2) is 7.86. The first-order valence-electron chi connectivity index (χ1n) is 9.40. The number of hydrogen-bond donors (Lipinski definition) is 2. The Bertz CT molecular complexity index is 1190. The van der Waals surface area contributed by atoms with Crippen LogP contribution in [-0.2, 0) is 11.3 Å². The number of hydrogen-bond acceptors (Lipinski definition) is 9. The van der Waals surface area contributed by atoms with E-state index in [2.05, 4.69) is 25.2 Å². The minimum absolute atomic E-state index is 0.0936. The van der Waals surface area contributed by atoms with Crippen molar-refractivity contribution >= 4 is 33.8 Å². The van der Waals surface area contributed by atoms with Crippen LogP contribution < -0.4 is 11.1 Å². The number of imidazole rings is 1. The summed E-state index contributed by atoms with van der Waals surface area (Å²) in [5.41, 5.74) is 7.34. The Morgan fingerprint density at radius 3 is 2.90 bits per heavy atom. The lowest BCUT2D eigenvalue weighted by Crippen LogP contribution is -2.35. The summed E-state index contributed by atoms with van der Waals surface area (Å²) in [6, 6.07) is 1.59. The molecule has 4 aromatic rings. The highest BCUT2D eigenvalue weighted by Crippen LogP contribution is 2.28. The number of carbonyl (C=O) groups is 1. The van der Waals surface area contributed by atoms with Gasteiger partial charge in [-0.05, 0) is 6.07 Å². The standard InChI is InChI=1S/C19H19N7O3S/c20-16(27)15-7-12(11-29-15)14-9-22-17(18-21-1-2-26(14)18)24-19-23-8-13(30-19)10-25-3-5-28-6-4-25/h1-2,7-9,11H,3-6,10H2,(H2,20,27)(H,22,23,24). The molecule has 5 rings (SSSR count). The number of ether oxygens (including phenoxy) is 1. The molecule has 11 heteroatoms. The molecule has 0 atom stereocenters. The van der Waals surface area contributed by atoms with Crippen molar-refractivity contribution in [2.75, 3.05) is 31.6 Å². The highest BCUT2D eigenvalue weighted by molar-refractivity contribution is 7.15. The molecule has 30 heavy (non-hydrogen) atoms. The van der Waals surface area contributed by atoms with Gasteiger partial charge in [0, 0.05) is 48.7 Å². The Labute approximate surface area is 175 Å². The fourth-order valence-corrected chi connectivity index (χ4v) is 4.19. The lowest BCUT2D eigenvalue weighted by Gasteiger charge is -2.25. The number of nitrogens with two attached hydrogens (primary N) is 1. The maximum absolute atomic E-state index is 11.3. The number of thiazole rings is 1. The van der Waals surface area contributed by atoms with E-state index in [1.165, 1.54) is 11.1 Å². The van der Waals surface area contributed by atoms with Gasteiger partial charge in [0.05, 0.1) is 25.1 Å². The van der Waals surface area contributed by atoms with Crippen molar-refractivity contribution in [2.45, 2.75) is 6.54 Å². The fourth-order valence-electron chi connectivity index (χ4n) is 3.34. The first-order valence-corrected chi connectivity index (χ1v) is 10.2. The van der Waals surface area contributed by atoms with Gasteiger partial charge in [0.1, 0.15) is 6.26 Å². The van der Waals surface area contributed by atoms with E-state index in [-0.39, 0.29) is 5.76 Å². The van der Waals surface area contributed by atoms with Gasteiger partial charge >= 0.3 is 0 Å². The highest BCUT2D eigenvalue weighted by Gasteiger charge is 2.16. The Morgan fingerprint density at radius 2 is 2.10 bits per heavy atom. The van der Waals surface area contributed by atoms with Crippen molar-refractivity contribution in [3.05, 3.63) is 47.8 Å². The van der Waals surface area contributed by atoms with Crippen LogP contribution in [0.25, 0.3) is 16.9 Å². The third kappa shape index (κ3) is 3.65. The van der Waals surface area contributed by atoms with Gasteiger partial charge < -0.3 is 20.2 Å². The average molecular weight is 425 g/mol. The monoisotopic (exact) mass is 425 g/mol. The minimum atomic E-state index is -0.619. The van der Waals surface area contributed by atoms with E-state index in [4.69, 9.17) is 14.9 Å². The van der Waals surface area contributed by atoms with Gasteiger partial charge in [0.25, 0.3) is 5.91 Å². The van der Waals surface area contributed by atoms with Gasteiger partial charge in [0.15, 0.2) is 22.4 Å². The zero-order chi connectivity index (χ0) is 20.5. The van der Waals surface area contributed by atoms with Crippen molar-refractivity contribution in [2.24, 2.45) is 5.73 Å². The average Bonchev–Trinajstić information content (AvgIpc) is 3.50. The molecular weight excluding hydrogens is 406 g/mol. The van der Waals surface area contributed by atoms with E-state index < -0.39 is 5.91 Å². The van der Waals surface area contributed by atoms with E-state index in [1.807, 2.05) is 16.8 Å². The van der Waals surface area contributed by atoms with Gasteiger partial charge in [0.2, 0.25) is 0 Å². The van der Waals surface area contributed by atoms with Crippen molar-refractivity contribution in [1.82, 2.24) is 24.3 Å². The predicted molar refractivity (Wildman–Crippen MR) is 111 cm³/mol. The molecule has 1 amide bonds. The molecule has 0 aromatic carbocycles. The molecule has 0 aliphatic carbocycles. The van der Waals surface area contributed by atoms with Crippen LogP contribution in [0.3, 0.4) is 0 Å². The van der Waals surface area contributed by atoms with Gasteiger partial charge in [-0.2, -0.15) is 0 Å². The van der Waals surface area contributed by atoms with Crippen LogP contribution >= 0.6 is 11.3 Å². The van der Waals surface area contributed by atoms with Crippen molar-refractivity contribution < 1.29 is 13.9 Å². The van der Waals surface area contributed by atoms with Crippen LogP contribution in [0.4, 0.5) is 10.9 Å². The number of carbonyl (C=O) groups excluding carboxylic acids is 1. The zero-order valence-electron chi connectivity index (χ0n) is 15.9. The third-order valence-electron chi connectivity index (χ3n) is 4.83. The summed E-state index contributed by atoms with van der Waals surface area (Å²) < 4.78 is 12.5. The maximum Gasteiger partial charge on any atom is 0.284 e. The Kier molecular flexibility index (Phi) is 4.91. The number of amides is 1. The molecule has 5 heterocycles. The summed E-state index contributed by atoms with van der Waals surface area (Å²) in [5.74, 6) is 0.0664. The molecular formula is C19H19N7O3S. The Morgan fingerprint density at radius 1 is 1.23 bits per heavy atom. The summed E-state index contributed by atoms with van der Waals surface area (Å²) in [7, 11) is 0. The van der Waals surface area contributed by atoms with Crippen LogP contribution in [-0.4, -0.2) is 56.5 Å². The molecule has 1 saturated heterocycles. The predicted octanol–water partition coefficient (Wildman–Crippen LogP) is 2.12. The lowest BCUT2D eigenvalue weighted by molar-refractivity contribution is 0.0346. The normalized spacial score (nSPS) is 14.9. The number of aromatic nitrogens is 4. The second-order valence-electron chi connectivity index (χ2n) is 6.82. The van der Waals surface area contributed by atoms with Gasteiger partial charge in [-0.15, -0.1) is 11.3 Å². The Balaban J connectivity index is 1.38. The molecule has 0 radical (unpaired) electrons. The molecule has 154 valence electrons. The smallest absolute Gasteiger partial charge is 0.284 e. The number of fused-ring (bicyclic) bond motifs is 1. The summed E-state index contributed by atoms with van der Waals surface area (Å²) in [5, 5.41) is 4.02. The second-order valence-corrected chi connectivity index (χ2v) is 7.94. The van der Waals surface area contributed by atoms with Gasteiger partial charge in [-0.1, -0.05) is 0 Å². The zero-order valence-corrected chi connectivity index (χ0v) is 16.8. The van der Waals surface area contributed by atoms with Gasteiger partial charge in [-0.3, -0.25) is 14.1 Å². The van der Waals surface area contributed by atoms with Crippen molar-refractivity contribution in [3.63, 3.8) is 0 Å². The number of nitrogens with zero attached hydrogens (tertiary/aromatic N) is 5. The minimum Gasteiger partial charge on any atom is -0.458 e. The number of rotatable bonds is 6. The van der Waals surface area contributed by atoms with Gasteiger partial charge in [-0.25, -0.2) is 15.0 Å². The number of primary amides is 1. The molecule has 0 unspecified atom stereocenters. The number of anilines is 2. The Hall–Kier alpha value is -3.28. The summed E-state index contributed by atoms with van der Waals surface area (Å²) >= 11 is 1.59. The van der Waals surface area contributed by atoms with Crippen LogP contribution in [0.5, 0.6) is 0 Å². The largest absolute Gasteiger partial charge is 0.458 e. The van der Waals surface area contributed by atoms with Crippen LogP contribution in [0.15, 0.2) is 41.5 Å².